The molecule has 3 rings (SSSR count). The van der Waals surface area contributed by atoms with Gasteiger partial charge in [0.05, 0.1) is 12.5 Å². The smallest absolute Gasteiger partial charge is 0.319 e. The third-order valence-corrected chi connectivity index (χ3v) is 5.99. The molecule has 0 bridgehead atoms. The molecule has 0 aromatic heterocycles. The number of amides is 3. The Morgan fingerprint density at radius 2 is 1.65 bits per heavy atom. The summed E-state index contributed by atoms with van der Waals surface area (Å²) in [6, 6.07) is 11.3. The molecule has 2 aromatic rings. The molecule has 0 radical (unpaired) electrons. The fraction of sp³-hybridized carbons (Fsp3) is 0.462. The molecular weight excluding hydrogens is 433 g/mol. The lowest BCUT2D eigenvalue weighted by Crippen LogP contribution is -2.46. The van der Waals surface area contributed by atoms with E-state index >= 15 is 0 Å². The van der Waals surface area contributed by atoms with Crippen molar-refractivity contribution in [3.63, 3.8) is 0 Å². The molecule has 1 aliphatic heterocycles. The average molecular weight is 470 g/mol. The Kier molecular flexibility index (Phi) is 8.87. The number of nitrogens with zero attached hydrogens (tertiary/aromatic N) is 2. The van der Waals surface area contributed by atoms with E-state index in [2.05, 4.69) is 32.7 Å². The molecule has 0 aliphatic carbocycles. The predicted octanol–water partition coefficient (Wildman–Crippen LogP) is 3.92. The van der Waals surface area contributed by atoms with Crippen LogP contribution in [0.3, 0.4) is 0 Å². The zero-order valence-corrected chi connectivity index (χ0v) is 20.5. The summed E-state index contributed by atoms with van der Waals surface area (Å²) in [7, 11) is 0. The van der Waals surface area contributed by atoms with Gasteiger partial charge in [-0.15, -0.1) is 0 Å². The standard InChI is InChI=1S/C26H36FN5O2/c1-5-31-12-14-32(15-13-31)24-11-8-21(27)17-23(24)19(4)29-26(34)30-22-9-6-20(7-10-22)16-25(33)28-18(2)3/h6-11,17-19H,5,12-16H2,1-4H3,(H,28,33)(H2,29,30,34). The largest absolute Gasteiger partial charge is 0.369 e. The maximum Gasteiger partial charge on any atom is 0.319 e. The number of rotatable bonds is 8. The van der Waals surface area contributed by atoms with E-state index in [1.165, 1.54) is 12.1 Å². The maximum absolute atomic E-state index is 14.1. The first kappa shape index (κ1) is 25.5. The van der Waals surface area contributed by atoms with E-state index in [4.69, 9.17) is 0 Å². The van der Waals surface area contributed by atoms with Gasteiger partial charge in [0.25, 0.3) is 0 Å². The van der Waals surface area contributed by atoms with Gasteiger partial charge in [-0.05, 0) is 63.2 Å². The number of hydrogen-bond donors (Lipinski definition) is 3. The first-order valence-corrected chi connectivity index (χ1v) is 12.0. The number of nitrogens with one attached hydrogen (secondary N) is 3. The van der Waals surface area contributed by atoms with Gasteiger partial charge in [-0.2, -0.15) is 0 Å². The van der Waals surface area contributed by atoms with Crippen molar-refractivity contribution in [2.24, 2.45) is 0 Å². The third-order valence-electron chi connectivity index (χ3n) is 5.99. The van der Waals surface area contributed by atoms with Crippen LogP contribution in [0.15, 0.2) is 42.5 Å². The summed E-state index contributed by atoms with van der Waals surface area (Å²) < 4.78 is 14.1. The summed E-state index contributed by atoms with van der Waals surface area (Å²) in [5, 5.41) is 8.60. The Hall–Kier alpha value is -3.13. The number of piperazine rings is 1. The van der Waals surface area contributed by atoms with E-state index in [1.54, 1.807) is 18.2 Å². The molecule has 2 aromatic carbocycles. The molecule has 8 heteroatoms. The van der Waals surface area contributed by atoms with Crippen LogP contribution in [-0.2, 0) is 11.2 Å². The van der Waals surface area contributed by atoms with Crippen molar-refractivity contribution in [1.82, 2.24) is 15.5 Å². The van der Waals surface area contributed by atoms with Crippen molar-refractivity contribution in [2.75, 3.05) is 42.9 Å². The van der Waals surface area contributed by atoms with Crippen LogP contribution in [0.5, 0.6) is 0 Å². The molecule has 0 spiro atoms. The summed E-state index contributed by atoms with van der Waals surface area (Å²) in [5.74, 6) is -0.360. The summed E-state index contributed by atoms with van der Waals surface area (Å²) >= 11 is 0. The SMILES string of the molecule is CCN1CCN(c2ccc(F)cc2C(C)NC(=O)Nc2ccc(CC(=O)NC(C)C)cc2)CC1. The Labute approximate surface area is 201 Å². The zero-order chi connectivity index (χ0) is 24.7. The summed E-state index contributed by atoms with van der Waals surface area (Å²) in [5.41, 5.74) is 3.19. The number of anilines is 2. The highest BCUT2D eigenvalue weighted by atomic mass is 19.1. The van der Waals surface area contributed by atoms with Gasteiger partial charge < -0.3 is 25.8 Å². The van der Waals surface area contributed by atoms with Crippen LogP contribution >= 0.6 is 0 Å². The van der Waals surface area contributed by atoms with Crippen LogP contribution < -0.4 is 20.9 Å². The second-order valence-corrected chi connectivity index (χ2v) is 9.04. The minimum Gasteiger partial charge on any atom is -0.369 e. The molecule has 3 N–H and O–H groups in total. The average Bonchev–Trinajstić information content (AvgIpc) is 2.80. The van der Waals surface area contributed by atoms with Gasteiger partial charge >= 0.3 is 6.03 Å². The Morgan fingerprint density at radius 3 is 2.26 bits per heavy atom. The van der Waals surface area contributed by atoms with Crippen LogP contribution in [0.4, 0.5) is 20.6 Å². The minimum atomic E-state index is -0.381. The quantitative estimate of drug-likeness (QED) is 0.548. The maximum atomic E-state index is 14.1. The monoisotopic (exact) mass is 469 g/mol. The number of urea groups is 1. The number of carbonyl (C=O) groups excluding carboxylic acids is 2. The predicted molar refractivity (Wildman–Crippen MR) is 135 cm³/mol. The summed E-state index contributed by atoms with van der Waals surface area (Å²) in [6.45, 7) is 12.5. The molecule has 3 amide bonds. The summed E-state index contributed by atoms with van der Waals surface area (Å²) in [6.07, 6.45) is 0.288. The fourth-order valence-corrected chi connectivity index (χ4v) is 4.17. The normalized spacial score (nSPS) is 15.2. The number of likely N-dealkylation sites (N-methyl/N-ethyl adjacent to an activating group) is 1. The lowest BCUT2D eigenvalue weighted by atomic mass is 10.0. The van der Waals surface area contributed by atoms with Gasteiger partial charge in [0.1, 0.15) is 5.82 Å². The second kappa shape index (κ2) is 11.8. The van der Waals surface area contributed by atoms with Gasteiger partial charge in [0, 0.05) is 49.2 Å². The summed E-state index contributed by atoms with van der Waals surface area (Å²) in [4.78, 5) is 29.2. The topological polar surface area (TPSA) is 76.7 Å². The zero-order valence-electron chi connectivity index (χ0n) is 20.5. The molecule has 0 saturated carbocycles. The van der Waals surface area contributed by atoms with E-state index in [9.17, 15) is 14.0 Å². The highest BCUT2D eigenvalue weighted by Crippen LogP contribution is 2.28. The van der Waals surface area contributed by atoms with E-state index < -0.39 is 0 Å². The highest BCUT2D eigenvalue weighted by molar-refractivity contribution is 5.89. The van der Waals surface area contributed by atoms with Crippen molar-refractivity contribution in [3.05, 3.63) is 59.4 Å². The van der Waals surface area contributed by atoms with Crippen molar-refractivity contribution in [2.45, 2.75) is 46.2 Å². The number of halogens is 1. The van der Waals surface area contributed by atoms with Crippen LogP contribution in [0, 0.1) is 5.82 Å². The number of carbonyl (C=O) groups is 2. The molecular formula is C26H36FN5O2. The molecule has 1 heterocycles. The van der Waals surface area contributed by atoms with Crippen LogP contribution in [-0.4, -0.2) is 55.6 Å². The van der Waals surface area contributed by atoms with E-state index in [0.717, 1.165) is 49.5 Å². The number of benzene rings is 2. The van der Waals surface area contributed by atoms with Crippen LogP contribution in [0.25, 0.3) is 0 Å². The van der Waals surface area contributed by atoms with E-state index in [0.29, 0.717) is 5.69 Å². The Morgan fingerprint density at radius 1 is 0.971 bits per heavy atom. The lowest BCUT2D eigenvalue weighted by Gasteiger charge is -2.37. The van der Waals surface area contributed by atoms with Crippen molar-refractivity contribution >= 4 is 23.3 Å². The van der Waals surface area contributed by atoms with E-state index in [1.807, 2.05) is 32.9 Å². The second-order valence-electron chi connectivity index (χ2n) is 9.04. The molecule has 1 fully saturated rings. The van der Waals surface area contributed by atoms with Gasteiger partial charge in [-0.25, -0.2) is 9.18 Å². The lowest BCUT2D eigenvalue weighted by molar-refractivity contribution is -0.120. The first-order valence-electron chi connectivity index (χ1n) is 12.0. The fourth-order valence-electron chi connectivity index (χ4n) is 4.17. The highest BCUT2D eigenvalue weighted by Gasteiger charge is 2.22. The Bertz CT molecular complexity index is 972. The van der Waals surface area contributed by atoms with Gasteiger partial charge in [-0.3, -0.25) is 4.79 Å². The number of hydrogen-bond acceptors (Lipinski definition) is 4. The molecule has 1 unspecified atom stereocenters. The first-order chi connectivity index (χ1) is 16.2. The van der Waals surface area contributed by atoms with E-state index in [-0.39, 0.29) is 36.3 Å². The van der Waals surface area contributed by atoms with Gasteiger partial charge in [0.2, 0.25) is 5.91 Å². The third kappa shape index (κ3) is 7.18. The minimum absolute atomic E-state index is 0.0377. The molecule has 184 valence electrons. The molecule has 1 saturated heterocycles. The van der Waals surface area contributed by atoms with Crippen LogP contribution in [0.2, 0.25) is 0 Å². The van der Waals surface area contributed by atoms with Crippen molar-refractivity contribution in [3.8, 4) is 0 Å². The van der Waals surface area contributed by atoms with Crippen molar-refractivity contribution < 1.29 is 14.0 Å². The Balaban J connectivity index is 1.60. The molecule has 7 nitrogen and oxygen atoms in total. The molecule has 34 heavy (non-hydrogen) atoms. The molecule has 1 aliphatic rings. The van der Waals surface area contributed by atoms with Gasteiger partial charge in [-0.1, -0.05) is 19.1 Å². The van der Waals surface area contributed by atoms with Crippen LogP contribution in [0.1, 0.15) is 44.9 Å². The van der Waals surface area contributed by atoms with Crippen molar-refractivity contribution in [1.29, 1.82) is 0 Å². The van der Waals surface area contributed by atoms with Gasteiger partial charge in [0.15, 0.2) is 0 Å². The molecule has 1 atom stereocenters.